The lowest BCUT2D eigenvalue weighted by Crippen LogP contribution is -2.13. The molecule has 0 aliphatic rings. The number of amides is 1. The molecule has 0 saturated heterocycles. The Labute approximate surface area is 210 Å². The fourth-order valence-electron chi connectivity index (χ4n) is 3.73. The Morgan fingerprint density at radius 1 is 0.865 bits per heavy atom. The smallest absolute Gasteiger partial charge is 0.294 e. The molecule has 4 aromatic carbocycles. The van der Waals surface area contributed by atoms with E-state index in [9.17, 15) is 19.3 Å². The van der Waals surface area contributed by atoms with E-state index in [0.29, 0.717) is 28.4 Å². The number of nitrogens with zero attached hydrogens (tertiary/aromatic N) is 3. The van der Waals surface area contributed by atoms with Crippen molar-refractivity contribution >= 4 is 17.3 Å². The predicted octanol–water partition coefficient (Wildman–Crippen LogP) is 6.63. The van der Waals surface area contributed by atoms with Crippen molar-refractivity contribution in [3.63, 3.8) is 0 Å². The van der Waals surface area contributed by atoms with Crippen LogP contribution in [0.1, 0.15) is 10.5 Å². The Bertz CT molecular complexity index is 1570. The minimum absolute atomic E-state index is 0.0297. The number of halogens is 1. The minimum atomic E-state index is -0.524. The number of benzene rings is 4. The van der Waals surface area contributed by atoms with Gasteiger partial charge in [-0.25, -0.2) is 9.07 Å². The number of hydrogen-bond donors (Lipinski definition) is 1. The summed E-state index contributed by atoms with van der Waals surface area (Å²) in [5, 5.41) is 18.8. The maximum atomic E-state index is 13.5. The number of nitro groups is 1. The molecule has 0 spiro atoms. The summed E-state index contributed by atoms with van der Waals surface area (Å²) in [5.41, 5.74) is 1.46. The molecule has 0 aliphatic heterocycles. The zero-order valence-corrected chi connectivity index (χ0v) is 19.2. The first-order valence-corrected chi connectivity index (χ1v) is 11.2. The second kappa shape index (κ2) is 10.1. The Hall–Kier alpha value is -5.31. The zero-order chi connectivity index (χ0) is 25.8. The van der Waals surface area contributed by atoms with Crippen molar-refractivity contribution in [3.8, 4) is 28.4 Å². The topological polar surface area (TPSA) is 99.3 Å². The number of nitrogens with one attached hydrogen (secondary N) is 1. The third-order valence-corrected chi connectivity index (χ3v) is 5.48. The molecule has 1 heterocycles. The van der Waals surface area contributed by atoms with E-state index in [1.807, 2.05) is 30.3 Å². The lowest BCUT2D eigenvalue weighted by Gasteiger charge is -2.08. The molecule has 5 aromatic rings. The van der Waals surface area contributed by atoms with Gasteiger partial charge in [-0.1, -0.05) is 30.3 Å². The Balaban J connectivity index is 1.45. The van der Waals surface area contributed by atoms with Crippen LogP contribution < -0.4 is 10.1 Å². The number of anilines is 1. The molecule has 0 bridgehead atoms. The van der Waals surface area contributed by atoms with E-state index in [2.05, 4.69) is 10.4 Å². The number of rotatable bonds is 7. The molecule has 9 heteroatoms. The zero-order valence-electron chi connectivity index (χ0n) is 19.2. The normalized spacial score (nSPS) is 10.6. The monoisotopic (exact) mass is 494 g/mol. The Morgan fingerprint density at radius 2 is 1.51 bits per heavy atom. The van der Waals surface area contributed by atoms with Crippen LogP contribution in [0, 0.1) is 15.9 Å². The van der Waals surface area contributed by atoms with Crippen LogP contribution >= 0.6 is 0 Å². The van der Waals surface area contributed by atoms with Gasteiger partial charge in [0, 0.05) is 17.3 Å². The van der Waals surface area contributed by atoms with E-state index < -0.39 is 16.6 Å². The van der Waals surface area contributed by atoms with Crippen molar-refractivity contribution in [2.24, 2.45) is 0 Å². The van der Waals surface area contributed by atoms with Gasteiger partial charge < -0.3 is 10.1 Å². The fraction of sp³-hybridized carbons (Fsp3) is 0. The van der Waals surface area contributed by atoms with Crippen LogP contribution in [0.5, 0.6) is 11.5 Å². The van der Waals surface area contributed by atoms with Crippen LogP contribution in [-0.4, -0.2) is 20.6 Å². The maximum absolute atomic E-state index is 13.5. The van der Waals surface area contributed by atoms with Crippen molar-refractivity contribution in [1.82, 2.24) is 9.78 Å². The van der Waals surface area contributed by atoms with E-state index in [0.717, 1.165) is 0 Å². The molecule has 5 rings (SSSR count). The first-order valence-electron chi connectivity index (χ1n) is 11.2. The molecule has 0 radical (unpaired) electrons. The molecule has 0 atom stereocenters. The summed E-state index contributed by atoms with van der Waals surface area (Å²) in [4.78, 5) is 24.2. The van der Waals surface area contributed by atoms with E-state index in [4.69, 9.17) is 4.74 Å². The highest BCUT2D eigenvalue weighted by Gasteiger charge is 2.22. The molecule has 37 heavy (non-hydrogen) atoms. The largest absolute Gasteiger partial charge is 0.457 e. The number of hydrogen-bond acceptors (Lipinski definition) is 5. The lowest BCUT2D eigenvalue weighted by molar-refractivity contribution is -0.384. The van der Waals surface area contributed by atoms with Gasteiger partial charge in [0.2, 0.25) is 0 Å². The number of carbonyl (C=O) groups is 1. The van der Waals surface area contributed by atoms with E-state index in [1.54, 1.807) is 36.4 Å². The molecule has 0 fully saturated rings. The molecule has 8 nitrogen and oxygen atoms in total. The molecule has 1 aromatic heterocycles. The number of aromatic nitrogens is 2. The molecule has 182 valence electrons. The summed E-state index contributed by atoms with van der Waals surface area (Å²) in [5.74, 6) is 0.340. The molecule has 1 N–H and O–H groups in total. The van der Waals surface area contributed by atoms with Crippen LogP contribution in [0.3, 0.4) is 0 Å². The second-order valence-electron chi connectivity index (χ2n) is 7.97. The van der Waals surface area contributed by atoms with Crippen molar-refractivity contribution < 1.29 is 18.8 Å². The van der Waals surface area contributed by atoms with Gasteiger partial charge in [0.1, 0.15) is 23.0 Å². The van der Waals surface area contributed by atoms with Gasteiger partial charge in [0.05, 0.1) is 10.6 Å². The van der Waals surface area contributed by atoms with Gasteiger partial charge in [0.15, 0.2) is 5.69 Å². The van der Waals surface area contributed by atoms with Gasteiger partial charge in [-0.15, -0.1) is 0 Å². The van der Waals surface area contributed by atoms with Gasteiger partial charge in [-0.2, -0.15) is 5.10 Å². The van der Waals surface area contributed by atoms with Gasteiger partial charge in [-0.3, -0.25) is 14.9 Å². The highest BCUT2D eigenvalue weighted by atomic mass is 19.1. The van der Waals surface area contributed by atoms with Crippen LogP contribution in [0.4, 0.5) is 15.8 Å². The summed E-state index contributed by atoms with van der Waals surface area (Å²) in [6.07, 6.45) is 0. The molecule has 0 saturated carbocycles. The summed E-state index contributed by atoms with van der Waals surface area (Å²) >= 11 is 0. The first-order chi connectivity index (χ1) is 18.0. The summed E-state index contributed by atoms with van der Waals surface area (Å²) in [6.45, 7) is 0. The van der Waals surface area contributed by atoms with E-state index in [1.165, 1.54) is 47.1 Å². The maximum Gasteiger partial charge on any atom is 0.294 e. The number of para-hydroxylation sites is 3. The standard InChI is InChI=1S/C28H19FN4O4/c29-20-12-10-19(11-13-20)27-18-24(31-32(27)25-8-4-5-9-26(25)33(35)36)28(34)30-21-14-16-23(17-15-21)37-22-6-2-1-3-7-22/h1-18H,(H,30,34). The van der Waals surface area contributed by atoms with Crippen LogP contribution in [0.2, 0.25) is 0 Å². The predicted molar refractivity (Wildman–Crippen MR) is 137 cm³/mol. The summed E-state index contributed by atoms with van der Waals surface area (Å²) in [7, 11) is 0. The van der Waals surface area contributed by atoms with Crippen LogP contribution in [0.15, 0.2) is 109 Å². The van der Waals surface area contributed by atoms with Crippen molar-refractivity contribution in [3.05, 3.63) is 131 Å². The van der Waals surface area contributed by atoms with E-state index in [-0.39, 0.29) is 17.1 Å². The van der Waals surface area contributed by atoms with Gasteiger partial charge >= 0.3 is 0 Å². The van der Waals surface area contributed by atoms with Crippen molar-refractivity contribution in [1.29, 1.82) is 0 Å². The summed E-state index contributed by atoms with van der Waals surface area (Å²) in [6, 6.07) is 29.3. The van der Waals surface area contributed by atoms with Gasteiger partial charge in [0.25, 0.3) is 11.6 Å². The second-order valence-corrected chi connectivity index (χ2v) is 7.97. The minimum Gasteiger partial charge on any atom is -0.457 e. The summed E-state index contributed by atoms with van der Waals surface area (Å²) < 4.78 is 20.6. The first kappa shape index (κ1) is 23.4. The SMILES string of the molecule is O=C(Nc1ccc(Oc2ccccc2)cc1)c1cc(-c2ccc(F)cc2)n(-c2ccccc2[N+](=O)[O-])n1. The Kier molecular flexibility index (Phi) is 6.41. The van der Waals surface area contributed by atoms with Crippen LogP contribution in [-0.2, 0) is 0 Å². The number of nitro benzene ring substituents is 1. The average Bonchev–Trinajstić information content (AvgIpc) is 3.36. The molecular weight excluding hydrogens is 475 g/mol. The average molecular weight is 494 g/mol. The fourth-order valence-corrected chi connectivity index (χ4v) is 3.73. The van der Waals surface area contributed by atoms with Gasteiger partial charge in [-0.05, 0) is 72.8 Å². The Morgan fingerprint density at radius 3 is 2.22 bits per heavy atom. The molecular formula is C28H19FN4O4. The molecule has 0 unspecified atom stereocenters. The molecule has 0 aliphatic carbocycles. The third-order valence-electron chi connectivity index (χ3n) is 5.48. The quantitative estimate of drug-likeness (QED) is 0.202. The number of carbonyl (C=O) groups excluding carboxylic acids is 1. The van der Waals surface area contributed by atoms with Crippen LogP contribution in [0.25, 0.3) is 16.9 Å². The van der Waals surface area contributed by atoms with Crippen molar-refractivity contribution in [2.75, 3.05) is 5.32 Å². The highest BCUT2D eigenvalue weighted by Crippen LogP contribution is 2.30. The highest BCUT2D eigenvalue weighted by molar-refractivity contribution is 6.03. The third kappa shape index (κ3) is 5.20. The molecule has 1 amide bonds. The lowest BCUT2D eigenvalue weighted by atomic mass is 10.1. The van der Waals surface area contributed by atoms with E-state index >= 15 is 0 Å². The number of ether oxygens (including phenoxy) is 1. The van der Waals surface area contributed by atoms with Crippen molar-refractivity contribution in [2.45, 2.75) is 0 Å².